The summed E-state index contributed by atoms with van der Waals surface area (Å²) in [5.74, 6) is 0.726. The fourth-order valence-corrected chi connectivity index (χ4v) is 2.71. The van der Waals surface area contributed by atoms with Crippen LogP contribution in [0.5, 0.6) is 5.75 Å². The maximum Gasteiger partial charge on any atom is 0.122 e. The number of hydrogen-bond donors (Lipinski definition) is 1. The second kappa shape index (κ2) is 5.08. The summed E-state index contributed by atoms with van der Waals surface area (Å²) in [5, 5.41) is 2.54. The summed E-state index contributed by atoms with van der Waals surface area (Å²) in [5.41, 5.74) is 6.17. The van der Waals surface area contributed by atoms with Crippen molar-refractivity contribution >= 4 is 44.6 Å². The monoisotopic (exact) mass is 317 g/mol. The third-order valence-electron chi connectivity index (χ3n) is 1.97. The van der Waals surface area contributed by atoms with Gasteiger partial charge in [0.15, 0.2) is 0 Å². The van der Waals surface area contributed by atoms with Gasteiger partial charge in [-0.1, -0.05) is 11.6 Å². The van der Waals surface area contributed by atoms with Gasteiger partial charge in [-0.3, -0.25) is 0 Å². The van der Waals surface area contributed by atoms with E-state index in [1.807, 2.05) is 17.5 Å². The van der Waals surface area contributed by atoms with Gasteiger partial charge in [-0.15, -0.1) is 11.3 Å². The molecule has 0 fully saturated rings. The molecular weight excluding hydrogens is 310 g/mol. The number of thiophene rings is 1. The minimum absolute atomic E-state index is 0.518. The summed E-state index contributed by atoms with van der Waals surface area (Å²) in [6.07, 6.45) is 0. The van der Waals surface area contributed by atoms with Crippen LogP contribution in [0.2, 0.25) is 5.02 Å². The van der Waals surface area contributed by atoms with Gasteiger partial charge >= 0.3 is 0 Å². The van der Waals surface area contributed by atoms with E-state index in [0.29, 0.717) is 17.3 Å². The number of rotatable bonds is 3. The smallest absolute Gasteiger partial charge is 0.122 e. The number of nitrogens with two attached hydrogens (primary N) is 1. The van der Waals surface area contributed by atoms with Crippen LogP contribution in [-0.2, 0) is 6.61 Å². The van der Waals surface area contributed by atoms with Crippen LogP contribution in [0.1, 0.15) is 4.88 Å². The molecule has 84 valence electrons. The first-order chi connectivity index (χ1) is 7.65. The van der Waals surface area contributed by atoms with Gasteiger partial charge in [0.05, 0.1) is 10.7 Å². The lowest BCUT2D eigenvalue weighted by Crippen LogP contribution is -1.93. The highest BCUT2D eigenvalue weighted by molar-refractivity contribution is 9.10. The highest BCUT2D eigenvalue weighted by atomic mass is 79.9. The molecule has 2 aromatic rings. The summed E-state index contributed by atoms with van der Waals surface area (Å²) in [6, 6.07) is 7.30. The Kier molecular flexibility index (Phi) is 3.74. The Morgan fingerprint density at radius 3 is 2.81 bits per heavy atom. The van der Waals surface area contributed by atoms with Crippen LogP contribution >= 0.6 is 38.9 Å². The van der Waals surface area contributed by atoms with Crippen molar-refractivity contribution in [1.29, 1.82) is 0 Å². The fraction of sp³-hybridized carbons (Fsp3) is 0.0909. The minimum atomic E-state index is 0.518. The van der Waals surface area contributed by atoms with Crippen molar-refractivity contribution < 1.29 is 4.74 Å². The zero-order chi connectivity index (χ0) is 11.5. The first-order valence-electron chi connectivity index (χ1n) is 4.56. The van der Waals surface area contributed by atoms with Gasteiger partial charge < -0.3 is 10.5 Å². The summed E-state index contributed by atoms with van der Waals surface area (Å²) in [4.78, 5) is 1.15. The Morgan fingerprint density at radius 1 is 1.38 bits per heavy atom. The predicted octanol–water partition coefficient (Wildman–Crippen LogP) is 4.33. The van der Waals surface area contributed by atoms with Gasteiger partial charge in [0, 0.05) is 20.8 Å². The van der Waals surface area contributed by atoms with Crippen molar-refractivity contribution in [3.63, 3.8) is 0 Å². The topological polar surface area (TPSA) is 35.2 Å². The van der Waals surface area contributed by atoms with Gasteiger partial charge in [0.25, 0.3) is 0 Å². The Hall–Kier alpha value is -0.710. The predicted molar refractivity (Wildman–Crippen MR) is 72.2 cm³/mol. The van der Waals surface area contributed by atoms with Crippen molar-refractivity contribution in [2.45, 2.75) is 6.61 Å². The molecule has 0 bridgehead atoms. The first kappa shape index (κ1) is 11.8. The molecule has 0 aliphatic carbocycles. The van der Waals surface area contributed by atoms with E-state index in [1.54, 1.807) is 23.5 Å². The van der Waals surface area contributed by atoms with Gasteiger partial charge in [-0.25, -0.2) is 0 Å². The van der Waals surface area contributed by atoms with E-state index >= 15 is 0 Å². The van der Waals surface area contributed by atoms with E-state index in [0.717, 1.165) is 15.1 Å². The molecule has 0 atom stereocenters. The second-order valence-corrected chi connectivity index (χ2v) is 5.52. The summed E-state index contributed by atoms with van der Waals surface area (Å²) in [6.45, 7) is 0.538. The van der Waals surface area contributed by atoms with Crippen LogP contribution in [0.3, 0.4) is 0 Å². The average Bonchev–Trinajstić information content (AvgIpc) is 2.66. The normalized spacial score (nSPS) is 10.4. The Balaban J connectivity index is 2.02. The highest BCUT2D eigenvalue weighted by Crippen LogP contribution is 2.26. The maximum absolute atomic E-state index is 5.89. The van der Waals surface area contributed by atoms with E-state index in [1.165, 1.54) is 0 Å². The number of anilines is 1. The van der Waals surface area contributed by atoms with Crippen LogP contribution in [0, 0.1) is 0 Å². The van der Waals surface area contributed by atoms with Crippen molar-refractivity contribution in [2.24, 2.45) is 0 Å². The number of ether oxygens (including phenoxy) is 1. The molecule has 16 heavy (non-hydrogen) atoms. The molecular formula is C11H9BrClNOS. The van der Waals surface area contributed by atoms with Gasteiger partial charge in [-0.05, 0) is 34.1 Å². The molecule has 0 saturated heterocycles. The quantitative estimate of drug-likeness (QED) is 0.855. The molecule has 0 amide bonds. The molecule has 0 saturated carbocycles. The lowest BCUT2D eigenvalue weighted by Gasteiger charge is -2.05. The van der Waals surface area contributed by atoms with Crippen molar-refractivity contribution in [3.8, 4) is 5.75 Å². The fourth-order valence-electron chi connectivity index (χ4n) is 1.18. The Morgan fingerprint density at radius 2 is 2.19 bits per heavy atom. The molecule has 0 unspecified atom stereocenters. The molecule has 5 heteroatoms. The van der Waals surface area contributed by atoms with Crippen LogP contribution in [0.25, 0.3) is 0 Å². The van der Waals surface area contributed by atoms with Crippen molar-refractivity contribution in [2.75, 3.05) is 5.73 Å². The molecule has 1 aromatic carbocycles. The zero-order valence-corrected chi connectivity index (χ0v) is 11.4. The van der Waals surface area contributed by atoms with Crippen LogP contribution < -0.4 is 10.5 Å². The third kappa shape index (κ3) is 2.90. The highest BCUT2D eigenvalue weighted by Gasteiger charge is 2.01. The Labute approximate surface area is 111 Å². The molecule has 1 heterocycles. The van der Waals surface area contributed by atoms with E-state index in [-0.39, 0.29) is 0 Å². The van der Waals surface area contributed by atoms with Gasteiger partial charge in [-0.2, -0.15) is 0 Å². The summed E-state index contributed by atoms with van der Waals surface area (Å²) < 4.78 is 6.67. The standard InChI is InChI=1S/C11H9BrClNOS/c12-7-3-9(16-6-7)5-15-8-1-2-11(14)10(13)4-8/h1-4,6H,5,14H2. The zero-order valence-electron chi connectivity index (χ0n) is 8.24. The number of benzene rings is 1. The van der Waals surface area contributed by atoms with E-state index in [4.69, 9.17) is 22.1 Å². The largest absolute Gasteiger partial charge is 0.488 e. The Bertz CT molecular complexity index is 500. The van der Waals surface area contributed by atoms with E-state index < -0.39 is 0 Å². The van der Waals surface area contributed by atoms with E-state index in [2.05, 4.69) is 15.9 Å². The first-order valence-corrected chi connectivity index (χ1v) is 6.61. The average molecular weight is 319 g/mol. The van der Waals surface area contributed by atoms with Crippen molar-refractivity contribution in [1.82, 2.24) is 0 Å². The molecule has 0 radical (unpaired) electrons. The van der Waals surface area contributed by atoms with Crippen LogP contribution in [0.15, 0.2) is 34.1 Å². The molecule has 1 aromatic heterocycles. The van der Waals surface area contributed by atoms with Crippen LogP contribution in [0.4, 0.5) is 5.69 Å². The number of hydrogen-bond acceptors (Lipinski definition) is 3. The second-order valence-electron chi connectivity index (χ2n) is 3.20. The lowest BCUT2D eigenvalue weighted by molar-refractivity contribution is 0.310. The molecule has 2 N–H and O–H groups in total. The van der Waals surface area contributed by atoms with Gasteiger partial charge in [0.1, 0.15) is 12.4 Å². The molecule has 2 nitrogen and oxygen atoms in total. The van der Waals surface area contributed by atoms with Gasteiger partial charge in [0.2, 0.25) is 0 Å². The van der Waals surface area contributed by atoms with Crippen molar-refractivity contribution in [3.05, 3.63) is 44.0 Å². The summed E-state index contributed by atoms with van der Waals surface area (Å²) in [7, 11) is 0. The summed E-state index contributed by atoms with van der Waals surface area (Å²) >= 11 is 10.9. The molecule has 0 spiro atoms. The lowest BCUT2D eigenvalue weighted by atomic mass is 10.3. The number of nitrogen functional groups attached to an aromatic ring is 1. The maximum atomic E-state index is 5.89. The number of halogens is 2. The minimum Gasteiger partial charge on any atom is -0.488 e. The molecule has 0 aliphatic rings. The third-order valence-corrected chi connectivity index (χ3v) is 3.97. The van der Waals surface area contributed by atoms with Crippen LogP contribution in [-0.4, -0.2) is 0 Å². The van der Waals surface area contributed by atoms with E-state index in [9.17, 15) is 0 Å². The molecule has 0 aliphatic heterocycles. The SMILES string of the molecule is Nc1ccc(OCc2cc(Br)cs2)cc1Cl. The molecule has 2 rings (SSSR count).